The van der Waals surface area contributed by atoms with E-state index < -0.39 is 0 Å². The molecule has 1 aliphatic heterocycles. The smallest absolute Gasteiger partial charge is 0.226 e. The van der Waals surface area contributed by atoms with Crippen LogP contribution in [0.25, 0.3) is 0 Å². The first-order valence-electron chi connectivity index (χ1n) is 6.66. The normalized spacial score (nSPS) is 19.6. The molecule has 18 heavy (non-hydrogen) atoms. The number of nitrogens with one attached hydrogen (secondary N) is 1. The standard InChI is InChI=1S/C15H22N2O/c1-17(2)15(18)10-12-5-7-13(8-6-12)14-4-3-9-16-11-14/h5-8,14,16H,3-4,9-11H2,1-2H3. The van der Waals surface area contributed by atoms with Crippen LogP contribution in [0.15, 0.2) is 24.3 Å². The van der Waals surface area contributed by atoms with Crippen molar-refractivity contribution in [3.05, 3.63) is 35.4 Å². The number of likely N-dealkylation sites (N-methyl/N-ethyl adjacent to an activating group) is 1. The van der Waals surface area contributed by atoms with Gasteiger partial charge in [-0.2, -0.15) is 0 Å². The van der Waals surface area contributed by atoms with Gasteiger partial charge >= 0.3 is 0 Å². The van der Waals surface area contributed by atoms with Gasteiger partial charge in [0.1, 0.15) is 0 Å². The van der Waals surface area contributed by atoms with Gasteiger partial charge in [-0.3, -0.25) is 4.79 Å². The van der Waals surface area contributed by atoms with E-state index in [1.165, 1.54) is 18.4 Å². The van der Waals surface area contributed by atoms with E-state index in [0.717, 1.165) is 18.7 Å². The molecule has 0 aromatic heterocycles. The minimum absolute atomic E-state index is 0.155. The maximum atomic E-state index is 11.6. The van der Waals surface area contributed by atoms with Crippen LogP contribution >= 0.6 is 0 Å². The van der Waals surface area contributed by atoms with Gasteiger partial charge in [-0.15, -0.1) is 0 Å². The Bertz CT molecular complexity index is 391. The second-order valence-electron chi connectivity index (χ2n) is 5.25. The minimum atomic E-state index is 0.155. The molecule has 1 heterocycles. The number of hydrogen-bond donors (Lipinski definition) is 1. The lowest BCUT2D eigenvalue weighted by atomic mass is 9.91. The molecule has 0 saturated carbocycles. The quantitative estimate of drug-likeness (QED) is 0.882. The predicted octanol–water partition coefficient (Wildman–Crippen LogP) is 1.78. The summed E-state index contributed by atoms with van der Waals surface area (Å²) in [7, 11) is 3.59. The zero-order valence-electron chi connectivity index (χ0n) is 11.3. The van der Waals surface area contributed by atoms with Gasteiger partial charge in [0.25, 0.3) is 0 Å². The molecule has 1 atom stereocenters. The number of benzene rings is 1. The Morgan fingerprint density at radius 3 is 2.61 bits per heavy atom. The molecule has 0 bridgehead atoms. The first-order valence-corrected chi connectivity index (χ1v) is 6.66. The van der Waals surface area contributed by atoms with E-state index in [2.05, 4.69) is 29.6 Å². The van der Waals surface area contributed by atoms with Crippen LogP contribution in [0.1, 0.15) is 29.9 Å². The molecule has 0 spiro atoms. The monoisotopic (exact) mass is 246 g/mol. The van der Waals surface area contributed by atoms with Gasteiger partial charge in [0.05, 0.1) is 6.42 Å². The average molecular weight is 246 g/mol. The Labute approximate surface area is 109 Å². The molecule has 2 rings (SSSR count). The number of hydrogen-bond acceptors (Lipinski definition) is 2. The lowest BCUT2D eigenvalue weighted by Crippen LogP contribution is -2.28. The topological polar surface area (TPSA) is 32.3 Å². The summed E-state index contributed by atoms with van der Waals surface area (Å²) >= 11 is 0. The maximum Gasteiger partial charge on any atom is 0.226 e. The highest BCUT2D eigenvalue weighted by Gasteiger charge is 2.15. The van der Waals surface area contributed by atoms with Crippen LogP contribution in [0.5, 0.6) is 0 Å². The molecule has 1 fully saturated rings. The highest BCUT2D eigenvalue weighted by atomic mass is 16.2. The van der Waals surface area contributed by atoms with Crippen molar-refractivity contribution >= 4 is 5.91 Å². The first-order chi connectivity index (χ1) is 8.66. The highest BCUT2D eigenvalue weighted by molar-refractivity contribution is 5.78. The summed E-state index contributed by atoms with van der Waals surface area (Å²) in [5, 5.41) is 3.43. The van der Waals surface area contributed by atoms with E-state index in [0.29, 0.717) is 12.3 Å². The molecule has 3 heteroatoms. The van der Waals surface area contributed by atoms with Gasteiger partial charge in [-0.05, 0) is 36.4 Å². The van der Waals surface area contributed by atoms with Crippen molar-refractivity contribution in [2.45, 2.75) is 25.2 Å². The molecular formula is C15H22N2O. The predicted molar refractivity (Wildman–Crippen MR) is 73.7 cm³/mol. The van der Waals surface area contributed by atoms with Crippen LogP contribution in [-0.4, -0.2) is 38.0 Å². The highest BCUT2D eigenvalue weighted by Crippen LogP contribution is 2.23. The lowest BCUT2D eigenvalue weighted by Gasteiger charge is -2.23. The van der Waals surface area contributed by atoms with Gasteiger partial charge in [-0.1, -0.05) is 24.3 Å². The summed E-state index contributed by atoms with van der Waals surface area (Å²) < 4.78 is 0. The van der Waals surface area contributed by atoms with Crippen molar-refractivity contribution in [3.63, 3.8) is 0 Å². The van der Waals surface area contributed by atoms with Crippen LogP contribution in [0, 0.1) is 0 Å². The Balaban J connectivity index is 1.98. The Kier molecular flexibility index (Phi) is 4.37. The molecule has 1 saturated heterocycles. The average Bonchev–Trinajstić information content (AvgIpc) is 2.40. The number of carbonyl (C=O) groups is 1. The summed E-state index contributed by atoms with van der Waals surface area (Å²) in [5.41, 5.74) is 2.49. The zero-order valence-corrected chi connectivity index (χ0v) is 11.3. The zero-order chi connectivity index (χ0) is 13.0. The lowest BCUT2D eigenvalue weighted by molar-refractivity contribution is -0.127. The molecular weight excluding hydrogens is 224 g/mol. The third kappa shape index (κ3) is 3.33. The molecule has 1 aromatic carbocycles. The molecule has 1 unspecified atom stereocenters. The molecule has 3 nitrogen and oxygen atoms in total. The molecule has 1 N–H and O–H groups in total. The molecule has 1 aliphatic rings. The number of rotatable bonds is 3. The summed E-state index contributed by atoms with van der Waals surface area (Å²) in [5.74, 6) is 0.791. The summed E-state index contributed by atoms with van der Waals surface area (Å²) in [4.78, 5) is 13.3. The van der Waals surface area contributed by atoms with Crippen LogP contribution in [0.3, 0.4) is 0 Å². The fraction of sp³-hybridized carbons (Fsp3) is 0.533. The van der Waals surface area contributed by atoms with Crippen LogP contribution in [0.2, 0.25) is 0 Å². The maximum absolute atomic E-state index is 11.6. The number of amides is 1. The molecule has 0 aliphatic carbocycles. The van der Waals surface area contributed by atoms with Crippen molar-refractivity contribution in [3.8, 4) is 0 Å². The summed E-state index contributed by atoms with van der Waals surface area (Å²) in [6, 6.07) is 8.53. The van der Waals surface area contributed by atoms with E-state index in [4.69, 9.17) is 0 Å². The molecule has 0 radical (unpaired) electrons. The van der Waals surface area contributed by atoms with E-state index in [9.17, 15) is 4.79 Å². The second-order valence-corrected chi connectivity index (χ2v) is 5.25. The fourth-order valence-electron chi connectivity index (χ4n) is 2.38. The van der Waals surface area contributed by atoms with Gasteiger partial charge < -0.3 is 10.2 Å². The fourth-order valence-corrected chi connectivity index (χ4v) is 2.38. The third-order valence-corrected chi connectivity index (χ3v) is 3.60. The number of piperidine rings is 1. The molecule has 1 aromatic rings. The van der Waals surface area contributed by atoms with Crippen molar-refractivity contribution < 1.29 is 4.79 Å². The van der Waals surface area contributed by atoms with Crippen molar-refractivity contribution in [2.24, 2.45) is 0 Å². The Morgan fingerprint density at radius 1 is 1.33 bits per heavy atom. The van der Waals surface area contributed by atoms with E-state index in [1.54, 1.807) is 19.0 Å². The SMILES string of the molecule is CN(C)C(=O)Cc1ccc(C2CCCNC2)cc1. The summed E-state index contributed by atoms with van der Waals surface area (Å²) in [6.45, 7) is 2.22. The van der Waals surface area contributed by atoms with Gasteiger partial charge in [0, 0.05) is 20.6 Å². The number of nitrogens with zero attached hydrogens (tertiary/aromatic N) is 1. The van der Waals surface area contributed by atoms with Crippen molar-refractivity contribution in [2.75, 3.05) is 27.2 Å². The van der Waals surface area contributed by atoms with Gasteiger partial charge in [0.2, 0.25) is 5.91 Å². The molecule has 1 amide bonds. The van der Waals surface area contributed by atoms with Crippen LogP contribution in [0.4, 0.5) is 0 Å². The van der Waals surface area contributed by atoms with Gasteiger partial charge in [0.15, 0.2) is 0 Å². The number of carbonyl (C=O) groups excluding carboxylic acids is 1. The second kappa shape index (κ2) is 6.01. The van der Waals surface area contributed by atoms with E-state index >= 15 is 0 Å². The van der Waals surface area contributed by atoms with Crippen LogP contribution < -0.4 is 5.32 Å². The van der Waals surface area contributed by atoms with E-state index in [1.807, 2.05) is 0 Å². The minimum Gasteiger partial charge on any atom is -0.349 e. The molecule has 98 valence electrons. The third-order valence-electron chi connectivity index (χ3n) is 3.60. The Morgan fingerprint density at radius 2 is 2.06 bits per heavy atom. The Hall–Kier alpha value is -1.35. The largest absolute Gasteiger partial charge is 0.349 e. The van der Waals surface area contributed by atoms with E-state index in [-0.39, 0.29) is 5.91 Å². The first kappa shape index (κ1) is 13.1. The van der Waals surface area contributed by atoms with Crippen LogP contribution in [-0.2, 0) is 11.2 Å². The van der Waals surface area contributed by atoms with Gasteiger partial charge in [-0.25, -0.2) is 0 Å². The van der Waals surface area contributed by atoms with Crippen molar-refractivity contribution in [1.29, 1.82) is 0 Å². The van der Waals surface area contributed by atoms with Crippen molar-refractivity contribution in [1.82, 2.24) is 10.2 Å². The summed E-state index contributed by atoms with van der Waals surface area (Å²) in [6.07, 6.45) is 3.02.